The molecule has 0 saturated heterocycles. The number of benzene rings is 3. The largest absolute Gasteiger partial charge is 0.497 e. The second-order valence-electron chi connectivity index (χ2n) is 9.49. The maximum absolute atomic E-state index is 13.9. The predicted octanol–water partition coefficient (Wildman–Crippen LogP) is 4.73. The highest BCUT2D eigenvalue weighted by Gasteiger charge is 2.32. The number of sulfonamides is 1. The number of hydrogen-bond acceptors (Lipinski definition) is 5. The summed E-state index contributed by atoms with van der Waals surface area (Å²) in [4.78, 5) is 28.3. The van der Waals surface area contributed by atoms with Crippen LogP contribution in [0.4, 0.5) is 5.69 Å². The summed E-state index contributed by atoms with van der Waals surface area (Å²) in [6.45, 7) is 5.60. The molecule has 3 aromatic carbocycles. The number of ether oxygens (including phenoxy) is 1. The molecule has 3 rings (SSSR count). The lowest BCUT2D eigenvalue weighted by Crippen LogP contribution is -2.51. The van der Waals surface area contributed by atoms with E-state index in [9.17, 15) is 18.0 Å². The number of para-hydroxylation sites is 1. The van der Waals surface area contributed by atoms with Crippen molar-refractivity contribution >= 4 is 39.1 Å². The van der Waals surface area contributed by atoms with Crippen LogP contribution in [0.25, 0.3) is 0 Å². The molecule has 1 atom stereocenters. The van der Waals surface area contributed by atoms with E-state index in [-0.39, 0.29) is 23.3 Å². The van der Waals surface area contributed by atoms with Gasteiger partial charge in [0, 0.05) is 18.1 Å². The highest BCUT2D eigenvalue weighted by atomic mass is 35.5. The standard InChI is InChI=1S/C29H34ClN3O5S/c1-21(2)18-31-29(35)22(3)32(19-23-9-8-12-26(17-23)38-4)28(34)20-33(25-10-6-5-7-11-25)39(36,37)27-15-13-24(30)14-16-27/h5-17,21-22H,18-20H2,1-4H3,(H,31,35)/t22-/m0/s1. The van der Waals surface area contributed by atoms with E-state index in [1.54, 1.807) is 62.6 Å². The van der Waals surface area contributed by atoms with Crippen molar-refractivity contribution in [1.82, 2.24) is 10.2 Å². The Balaban J connectivity index is 1.99. The quantitative estimate of drug-likeness (QED) is 0.339. The van der Waals surface area contributed by atoms with Gasteiger partial charge in [0.25, 0.3) is 10.0 Å². The molecule has 0 aliphatic heterocycles. The molecule has 3 aromatic rings. The highest BCUT2D eigenvalue weighted by Crippen LogP contribution is 2.25. The number of nitrogens with zero attached hydrogens (tertiary/aromatic N) is 2. The Hall–Kier alpha value is -3.56. The number of methoxy groups -OCH3 is 1. The van der Waals surface area contributed by atoms with Crippen molar-refractivity contribution < 1.29 is 22.7 Å². The monoisotopic (exact) mass is 571 g/mol. The van der Waals surface area contributed by atoms with Crippen LogP contribution in [0.15, 0.2) is 83.8 Å². The van der Waals surface area contributed by atoms with Crippen LogP contribution in [0.2, 0.25) is 5.02 Å². The summed E-state index contributed by atoms with van der Waals surface area (Å²) in [7, 11) is -2.60. The second-order valence-corrected chi connectivity index (χ2v) is 11.8. The van der Waals surface area contributed by atoms with Gasteiger partial charge in [-0.1, -0.05) is 55.8 Å². The predicted molar refractivity (Wildman–Crippen MR) is 153 cm³/mol. The molecule has 0 heterocycles. The van der Waals surface area contributed by atoms with Crippen molar-refractivity contribution in [2.45, 2.75) is 38.3 Å². The molecule has 0 saturated carbocycles. The Morgan fingerprint density at radius 3 is 2.23 bits per heavy atom. The van der Waals surface area contributed by atoms with Crippen LogP contribution < -0.4 is 14.4 Å². The number of anilines is 1. The van der Waals surface area contributed by atoms with Gasteiger partial charge in [-0.05, 0) is 66.9 Å². The molecule has 208 valence electrons. The molecule has 0 aliphatic rings. The minimum absolute atomic E-state index is 0.00868. The molecule has 0 spiro atoms. The Bertz CT molecular complexity index is 1370. The zero-order chi connectivity index (χ0) is 28.6. The van der Waals surface area contributed by atoms with Crippen LogP contribution >= 0.6 is 11.6 Å². The topological polar surface area (TPSA) is 96.0 Å². The van der Waals surface area contributed by atoms with Crippen molar-refractivity contribution in [2.24, 2.45) is 5.92 Å². The van der Waals surface area contributed by atoms with E-state index in [2.05, 4.69) is 5.32 Å². The minimum Gasteiger partial charge on any atom is -0.497 e. The molecule has 39 heavy (non-hydrogen) atoms. The summed E-state index contributed by atoms with van der Waals surface area (Å²) in [5, 5.41) is 3.26. The van der Waals surface area contributed by atoms with Gasteiger partial charge in [0.15, 0.2) is 0 Å². The molecular formula is C29H34ClN3O5S. The molecule has 0 fully saturated rings. The maximum atomic E-state index is 13.9. The third-order valence-electron chi connectivity index (χ3n) is 6.06. The SMILES string of the molecule is COc1cccc(CN(C(=O)CN(c2ccccc2)S(=O)(=O)c2ccc(Cl)cc2)[C@@H](C)C(=O)NCC(C)C)c1. The van der Waals surface area contributed by atoms with Crippen LogP contribution in [0.5, 0.6) is 5.75 Å². The molecule has 8 nitrogen and oxygen atoms in total. The van der Waals surface area contributed by atoms with Crippen LogP contribution in [-0.2, 0) is 26.2 Å². The third-order valence-corrected chi connectivity index (χ3v) is 8.10. The highest BCUT2D eigenvalue weighted by molar-refractivity contribution is 7.92. The zero-order valence-electron chi connectivity index (χ0n) is 22.5. The van der Waals surface area contributed by atoms with E-state index in [4.69, 9.17) is 16.3 Å². The number of carbonyl (C=O) groups excluding carboxylic acids is 2. The van der Waals surface area contributed by atoms with Crippen LogP contribution in [-0.4, -0.2) is 51.4 Å². The fourth-order valence-electron chi connectivity index (χ4n) is 3.86. The number of amides is 2. The van der Waals surface area contributed by atoms with Gasteiger partial charge in [-0.2, -0.15) is 0 Å². The number of halogens is 1. The van der Waals surface area contributed by atoms with Gasteiger partial charge in [0.05, 0.1) is 17.7 Å². The van der Waals surface area contributed by atoms with E-state index < -0.39 is 28.5 Å². The lowest BCUT2D eigenvalue weighted by molar-refractivity contribution is -0.139. The normalized spacial score (nSPS) is 12.1. The van der Waals surface area contributed by atoms with E-state index in [0.29, 0.717) is 23.0 Å². The van der Waals surface area contributed by atoms with Gasteiger partial charge < -0.3 is 15.0 Å². The van der Waals surface area contributed by atoms with Crippen molar-refractivity contribution in [3.8, 4) is 5.75 Å². The van der Waals surface area contributed by atoms with Gasteiger partial charge in [-0.15, -0.1) is 0 Å². The molecule has 0 radical (unpaired) electrons. The summed E-state index contributed by atoms with van der Waals surface area (Å²) >= 11 is 5.98. The Labute approximate surface area is 235 Å². The summed E-state index contributed by atoms with van der Waals surface area (Å²) in [6.07, 6.45) is 0. The van der Waals surface area contributed by atoms with E-state index >= 15 is 0 Å². The molecule has 0 unspecified atom stereocenters. The first-order valence-corrected chi connectivity index (χ1v) is 14.4. The molecule has 10 heteroatoms. The molecule has 2 amide bonds. The number of nitrogens with one attached hydrogen (secondary N) is 1. The summed E-state index contributed by atoms with van der Waals surface area (Å²) in [5.74, 6) is -0.0343. The Kier molecular flexibility index (Phi) is 10.4. The van der Waals surface area contributed by atoms with Crippen LogP contribution in [0, 0.1) is 5.92 Å². The maximum Gasteiger partial charge on any atom is 0.264 e. The number of hydrogen-bond donors (Lipinski definition) is 1. The summed E-state index contributed by atoms with van der Waals surface area (Å²) in [5.41, 5.74) is 1.05. The van der Waals surface area contributed by atoms with Gasteiger partial charge >= 0.3 is 0 Å². The summed E-state index contributed by atoms with van der Waals surface area (Å²) < 4.78 is 33.8. The van der Waals surface area contributed by atoms with Gasteiger partial charge in [-0.3, -0.25) is 13.9 Å². The van der Waals surface area contributed by atoms with E-state index in [1.165, 1.54) is 29.2 Å². The molecular weight excluding hydrogens is 538 g/mol. The van der Waals surface area contributed by atoms with Crippen molar-refractivity contribution in [3.63, 3.8) is 0 Å². The fraction of sp³-hybridized carbons (Fsp3) is 0.310. The number of carbonyl (C=O) groups is 2. The summed E-state index contributed by atoms with van der Waals surface area (Å²) in [6, 6.07) is 20.4. The van der Waals surface area contributed by atoms with Crippen molar-refractivity contribution in [2.75, 3.05) is 24.5 Å². The average molecular weight is 572 g/mol. The Morgan fingerprint density at radius 1 is 0.949 bits per heavy atom. The average Bonchev–Trinajstić information content (AvgIpc) is 2.93. The van der Waals surface area contributed by atoms with E-state index in [1.807, 2.05) is 19.9 Å². The van der Waals surface area contributed by atoms with Gasteiger partial charge in [0.1, 0.15) is 18.3 Å². The third kappa shape index (κ3) is 7.97. The van der Waals surface area contributed by atoms with Crippen molar-refractivity contribution in [3.05, 3.63) is 89.4 Å². The lowest BCUT2D eigenvalue weighted by atomic mass is 10.1. The minimum atomic E-state index is -4.14. The van der Waals surface area contributed by atoms with Crippen molar-refractivity contribution in [1.29, 1.82) is 0 Å². The molecule has 0 bridgehead atoms. The zero-order valence-corrected chi connectivity index (χ0v) is 24.1. The first-order valence-electron chi connectivity index (χ1n) is 12.6. The lowest BCUT2D eigenvalue weighted by Gasteiger charge is -2.32. The second kappa shape index (κ2) is 13.5. The van der Waals surface area contributed by atoms with Crippen LogP contribution in [0.1, 0.15) is 26.3 Å². The molecule has 1 N–H and O–H groups in total. The van der Waals surface area contributed by atoms with Crippen LogP contribution in [0.3, 0.4) is 0 Å². The molecule has 0 aromatic heterocycles. The first-order chi connectivity index (χ1) is 18.5. The fourth-order valence-corrected chi connectivity index (χ4v) is 5.40. The van der Waals surface area contributed by atoms with E-state index in [0.717, 1.165) is 9.87 Å². The van der Waals surface area contributed by atoms with Gasteiger partial charge in [-0.25, -0.2) is 8.42 Å². The smallest absolute Gasteiger partial charge is 0.264 e. The number of rotatable bonds is 12. The first kappa shape index (κ1) is 30.0. The van der Waals surface area contributed by atoms with Gasteiger partial charge in [0.2, 0.25) is 11.8 Å². The molecule has 0 aliphatic carbocycles. The Morgan fingerprint density at radius 2 is 1.62 bits per heavy atom.